The highest BCUT2D eigenvalue weighted by atomic mass is 19.1. The lowest BCUT2D eigenvalue weighted by Gasteiger charge is -2.13. The Morgan fingerprint density at radius 1 is 1.61 bits per heavy atom. The van der Waals surface area contributed by atoms with Crippen molar-refractivity contribution in [2.75, 3.05) is 5.01 Å². The predicted octanol–water partition coefficient (Wildman–Crippen LogP) is 1.01. The van der Waals surface area contributed by atoms with Crippen molar-refractivity contribution in [3.63, 3.8) is 0 Å². The van der Waals surface area contributed by atoms with Gasteiger partial charge in [-0.15, -0.1) is 0 Å². The SMILES string of the molecule is CC(=O)c1c[nH]c2c(N(N)/C=C\N)ncc(F)c12. The first kappa shape index (κ1) is 12.1. The maximum absolute atomic E-state index is 13.7. The minimum absolute atomic E-state index is 0.174. The molecule has 7 heteroatoms. The van der Waals surface area contributed by atoms with Crippen molar-refractivity contribution in [2.24, 2.45) is 11.6 Å². The molecule has 0 fully saturated rings. The molecule has 0 amide bonds. The third kappa shape index (κ3) is 1.80. The second-order valence-electron chi connectivity index (χ2n) is 3.69. The maximum atomic E-state index is 13.7. The van der Waals surface area contributed by atoms with E-state index in [2.05, 4.69) is 9.97 Å². The average molecular weight is 249 g/mol. The van der Waals surface area contributed by atoms with Crippen LogP contribution in [0, 0.1) is 5.82 Å². The van der Waals surface area contributed by atoms with Crippen LogP contribution in [0.2, 0.25) is 0 Å². The molecule has 94 valence electrons. The first-order chi connectivity index (χ1) is 8.56. The molecule has 0 saturated carbocycles. The van der Waals surface area contributed by atoms with Gasteiger partial charge in [0.05, 0.1) is 17.1 Å². The van der Waals surface area contributed by atoms with E-state index in [1.165, 1.54) is 25.5 Å². The summed E-state index contributed by atoms with van der Waals surface area (Å²) in [4.78, 5) is 18.1. The molecule has 2 aromatic rings. The van der Waals surface area contributed by atoms with Gasteiger partial charge in [0.15, 0.2) is 17.4 Å². The molecule has 0 atom stereocenters. The molecule has 2 aromatic heterocycles. The summed E-state index contributed by atoms with van der Waals surface area (Å²) in [7, 11) is 0. The number of carbonyl (C=O) groups is 1. The van der Waals surface area contributed by atoms with E-state index < -0.39 is 5.82 Å². The number of carbonyl (C=O) groups excluding carboxylic acids is 1. The number of Topliss-reactive ketones (excluding diaryl/α,β-unsaturated/α-hetero) is 1. The van der Waals surface area contributed by atoms with Gasteiger partial charge in [0, 0.05) is 24.2 Å². The molecule has 2 heterocycles. The Kier molecular flexibility index (Phi) is 2.99. The van der Waals surface area contributed by atoms with Crippen molar-refractivity contribution >= 4 is 22.5 Å². The van der Waals surface area contributed by atoms with E-state index in [1.807, 2.05) is 0 Å². The van der Waals surface area contributed by atoms with Gasteiger partial charge >= 0.3 is 0 Å². The molecule has 0 saturated heterocycles. The normalized spacial score (nSPS) is 11.3. The summed E-state index contributed by atoms with van der Waals surface area (Å²) < 4.78 is 13.7. The highest BCUT2D eigenvalue weighted by Crippen LogP contribution is 2.27. The molecule has 0 unspecified atom stereocenters. The molecule has 0 aliphatic carbocycles. The smallest absolute Gasteiger partial charge is 0.171 e. The van der Waals surface area contributed by atoms with Gasteiger partial charge in [0.25, 0.3) is 0 Å². The van der Waals surface area contributed by atoms with Crippen molar-refractivity contribution in [2.45, 2.75) is 6.92 Å². The van der Waals surface area contributed by atoms with Crippen LogP contribution < -0.4 is 16.6 Å². The molecule has 0 spiro atoms. The number of pyridine rings is 1. The number of rotatable bonds is 3. The number of anilines is 1. The van der Waals surface area contributed by atoms with Gasteiger partial charge in [0.2, 0.25) is 0 Å². The first-order valence-electron chi connectivity index (χ1n) is 5.15. The Labute approximate surface area is 102 Å². The maximum Gasteiger partial charge on any atom is 0.171 e. The molecule has 0 aliphatic heterocycles. The van der Waals surface area contributed by atoms with Crippen LogP contribution >= 0.6 is 0 Å². The van der Waals surface area contributed by atoms with E-state index in [4.69, 9.17) is 11.6 Å². The molecule has 5 N–H and O–H groups in total. The molecule has 0 radical (unpaired) electrons. The van der Waals surface area contributed by atoms with Crippen LogP contribution in [0.15, 0.2) is 24.8 Å². The summed E-state index contributed by atoms with van der Waals surface area (Å²) in [5.41, 5.74) is 5.83. The predicted molar refractivity (Wildman–Crippen MR) is 66.0 cm³/mol. The molecule has 0 aromatic carbocycles. The van der Waals surface area contributed by atoms with Crippen LogP contribution in [0.5, 0.6) is 0 Å². The third-order valence-corrected chi connectivity index (χ3v) is 2.51. The first-order valence-corrected chi connectivity index (χ1v) is 5.15. The van der Waals surface area contributed by atoms with Gasteiger partial charge in [0.1, 0.15) is 0 Å². The van der Waals surface area contributed by atoms with Crippen molar-refractivity contribution in [1.82, 2.24) is 9.97 Å². The van der Waals surface area contributed by atoms with Crippen LogP contribution in [-0.4, -0.2) is 15.8 Å². The van der Waals surface area contributed by atoms with Gasteiger partial charge in [-0.05, 0) is 6.92 Å². The lowest BCUT2D eigenvalue weighted by Crippen LogP contribution is -2.26. The number of nitrogens with one attached hydrogen (secondary N) is 1. The number of hydrogen-bond acceptors (Lipinski definition) is 5. The minimum Gasteiger partial charge on any atom is -0.403 e. The largest absolute Gasteiger partial charge is 0.403 e. The van der Waals surface area contributed by atoms with Crippen LogP contribution in [0.1, 0.15) is 17.3 Å². The number of aromatic nitrogens is 2. The number of nitrogens with two attached hydrogens (primary N) is 2. The number of H-pyrrole nitrogens is 1. The molecular formula is C11H12FN5O. The Morgan fingerprint density at radius 2 is 2.33 bits per heavy atom. The molecule has 0 aliphatic rings. The van der Waals surface area contributed by atoms with Crippen molar-refractivity contribution in [1.29, 1.82) is 0 Å². The van der Waals surface area contributed by atoms with Crippen molar-refractivity contribution in [3.8, 4) is 0 Å². The fraction of sp³-hybridized carbons (Fsp3) is 0.0909. The molecule has 0 bridgehead atoms. The summed E-state index contributed by atoms with van der Waals surface area (Å²) in [6.07, 6.45) is 5.04. The van der Waals surface area contributed by atoms with Crippen LogP contribution in [-0.2, 0) is 0 Å². The molecule has 18 heavy (non-hydrogen) atoms. The average Bonchev–Trinajstić information content (AvgIpc) is 2.75. The van der Waals surface area contributed by atoms with E-state index in [1.54, 1.807) is 0 Å². The Morgan fingerprint density at radius 3 is 2.94 bits per heavy atom. The second-order valence-corrected chi connectivity index (χ2v) is 3.69. The minimum atomic E-state index is -0.578. The number of aromatic amines is 1. The zero-order valence-corrected chi connectivity index (χ0v) is 9.64. The van der Waals surface area contributed by atoms with Gasteiger partial charge in [-0.25, -0.2) is 15.2 Å². The highest BCUT2D eigenvalue weighted by molar-refractivity contribution is 6.09. The van der Waals surface area contributed by atoms with E-state index >= 15 is 0 Å². The van der Waals surface area contributed by atoms with Crippen LogP contribution in [0.3, 0.4) is 0 Å². The van der Waals surface area contributed by atoms with Gasteiger partial charge < -0.3 is 10.7 Å². The van der Waals surface area contributed by atoms with E-state index in [-0.39, 0.29) is 22.6 Å². The van der Waals surface area contributed by atoms with Gasteiger partial charge in [-0.2, -0.15) is 0 Å². The van der Waals surface area contributed by atoms with E-state index in [0.717, 1.165) is 11.2 Å². The fourth-order valence-corrected chi connectivity index (χ4v) is 1.73. The molecule has 6 nitrogen and oxygen atoms in total. The number of halogens is 1. The van der Waals surface area contributed by atoms with Crippen molar-refractivity contribution < 1.29 is 9.18 Å². The topological polar surface area (TPSA) is 101 Å². The molecular weight excluding hydrogens is 237 g/mol. The number of ketones is 1. The monoisotopic (exact) mass is 249 g/mol. The Bertz CT molecular complexity index is 634. The summed E-state index contributed by atoms with van der Waals surface area (Å²) in [5.74, 6) is 5.14. The fourth-order valence-electron chi connectivity index (χ4n) is 1.73. The number of hydrazine groups is 1. The van der Waals surface area contributed by atoms with Gasteiger partial charge in [-0.1, -0.05) is 0 Å². The van der Waals surface area contributed by atoms with Crippen LogP contribution in [0.4, 0.5) is 10.2 Å². The van der Waals surface area contributed by atoms with Crippen LogP contribution in [0.25, 0.3) is 10.9 Å². The number of nitrogens with zero attached hydrogens (tertiary/aromatic N) is 2. The number of fused-ring (bicyclic) bond motifs is 1. The summed E-state index contributed by atoms with van der Waals surface area (Å²) >= 11 is 0. The summed E-state index contributed by atoms with van der Waals surface area (Å²) in [6.45, 7) is 1.36. The zero-order chi connectivity index (χ0) is 13.3. The third-order valence-electron chi connectivity index (χ3n) is 2.51. The highest BCUT2D eigenvalue weighted by Gasteiger charge is 2.17. The zero-order valence-electron chi connectivity index (χ0n) is 9.64. The summed E-state index contributed by atoms with van der Waals surface area (Å²) in [5, 5.41) is 1.32. The lowest BCUT2D eigenvalue weighted by molar-refractivity contribution is 0.101. The van der Waals surface area contributed by atoms with Crippen molar-refractivity contribution in [3.05, 3.63) is 36.2 Å². The quantitative estimate of drug-likeness (QED) is 0.428. The van der Waals surface area contributed by atoms with E-state index in [9.17, 15) is 9.18 Å². The lowest BCUT2D eigenvalue weighted by atomic mass is 10.1. The summed E-state index contributed by atoms with van der Waals surface area (Å²) in [6, 6.07) is 0. The molecule has 2 rings (SSSR count). The van der Waals surface area contributed by atoms with E-state index in [0.29, 0.717) is 5.52 Å². The Hall–Kier alpha value is -2.41. The second kappa shape index (κ2) is 4.46. The standard InChI is InChI=1S/C11H12FN5O/c1-6(18)7-4-15-10-9(7)8(12)5-16-11(10)17(14)3-2-13/h2-5,15H,13-14H2,1H3/b3-2-. The number of hydrogen-bond donors (Lipinski definition) is 3. The Balaban J connectivity index is 2.72. The van der Waals surface area contributed by atoms with Gasteiger partial charge in [-0.3, -0.25) is 9.80 Å².